The van der Waals surface area contributed by atoms with Crippen molar-refractivity contribution >= 4 is 28.6 Å². The summed E-state index contributed by atoms with van der Waals surface area (Å²) in [4.78, 5) is 48.4. The van der Waals surface area contributed by atoms with Crippen molar-refractivity contribution < 1.29 is 32.6 Å². The Labute approximate surface area is 245 Å². The predicted molar refractivity (Wildman–Crippen MR) is 152 cm³/mol. The lowest BCUT2D eigenvalue weighted by Crippen LogP contribution is -2.49. The van der Waals surface area contributed by atoms with Crippen LogP contribution in [0.4, 0.5) is 8.78 Å². The summed E-state index contributed by atoms with van der Waals surface area (Å²) >= 11 is 0. The fourth-order valence-electron chi connectivity index (χ4n) is 5.54. The minimum Gasteiger partial charge on any atom is -0.357 e. The van der Waals surface area contributed by atoms with Gasteiger partial charge in [-0.15, -0.1) is 0 Å². The van der Waals surface area contributed by atoms with Gasteiger partial charge >= 0.3 is 0 Å². The van der Waals surface area contributed by atoms with Crippen LogP contribution >= 0.6 is 0 Å². The van der Waals surface area contributed by atoms with Crippen molar-refractivity contribution in [1.29, 1.82) is 0 Å². The molecule has 2 saturated heterocycles. The summed E-state index contributed by atoms with van der Waals surface area (Å²) in [7, 11) is 0. The lowest BCUT2D eigenvalue weighted by atomic mass is 10.0. The third-order valence-electron chi connectivity index (χ3n) is 7.78. The Hall–Kier alpha value is -4.68. The lowest BCUT2D eigenvalue weighted by Gasteiger charge is -2.25. The maximum absolute atomic E-state index is 14.1. The molecule has 222 valence electrons. The number of nitrogens with zero attached hydrogens (tertiary/aromatic N) is 2. The normalized spacial score (nSPS) is 18.2. The molecule has 3 N–H and O–H groups in total. The van der Waals surface area contributed by atoms with Gasteiger partial charge in [0.25, 0.3) is 5.91 Å². The van der Waals surface area contributed by atoms with Crippen molar-refractivity contribution in [2.24, 2.45) is 0 Å². The molecule has 3 amide bonds. The molecule has 4 aromatic rings. The summed E-state index contributed by atoms with van der Waals surface area (Å²) in [5.74, 6) is -3.85. The van der Waals surface area contributed by atoms with E-state index in [1.54, 1.807) is 12.4 Å². The summed E-state index contributed by atoms with van der Waals surface area (Å²) in [6.45, 7) is 2.22. The van der Waals surface area contributed by atoms with Gasteiger partial charge in [0, 0.05) is 52.6 Å². The topological polar surface area (TPSA) is 126 Å². The highest BCUT2D eigenvalue weighted by Crippen LogP contribution is 2.35. The Bertz CT molecular complexity index is 1650. The van der Waals surface area contributed by atoms with Crippen LogP contribution in [0.1, 0.15) is 35.4 Å². The average Bonchev–Trinajstić information content (AvgIpc) is 3.75. The third kappa shape index (κ3) is 5.84. The van der Waals surface area contributed by atoms with Crippen LogP contribution in [0.15, 0.2) is 67.0 Å². The third-order valence-corrected chi connectivity index (χ3v) is 7.78. The van der Waals surface area contributed by atoms with Crippen molar-refractivity contribution in [2.45, 2.75) is 31.2 Å². The smallest absolute Gasteiger partial charge is 0.251 e. The van der Waals surface area contributed by atoms with Gasteiger partial charge in [0.2, 0.25) is 11.8 Å². The number of aromatic amines is 1. The van der Waals surface area contributed by atoms with E-state index in [0.717, 1.165) is 28.7 Å². The number of ether oxygens (including phenoxy) is 2. The van der Waals surface area contributed by atoms with E-state index in [9.17, 15) is 23.2 Å². The van der Waals surface area contributed by atoms with E-state index in [4.69, 9.17) is 9.47 Å². The first-order chi connectivity index (χ1) is 20.7. The summed E-state index contributed by atoms with van der Waals surface area (Å²) in [5, 5.41) is 6.48. The number of aromatic nitrogens is 2. The highest BCUT2D eigenvalue weighted by molar-refractivity contribution is 5.97. The van der Waals surface area contributed by atoms with Gasteiger partial charge in [-0.25, -0.2) is 8.78 Å². The zero-order valence-corrected chi connectivity index (χ0v) is 23.2. The van der Waals surface area contributed by atoms with Crippen LogP contribution in [0.2, 0.25) is 0 Å². The van der Waals surface area contributed by atoms with Crippen molar-refractivity contribution in [3.8, 4) is 11.1 Å². The van der Waals surface area contributed by atoms with Crippen LogP contribution in [0.25, 0.3) is 22.0 Å². The molecule has 2 fully saturated rings. The molecule has 0 radical (unpaired) electrons. The average molecular weight is 590 g/mol. The van der Waals surface area contributed by atoms with Crippen molar-refractivity contribution in [2.75, 3.05) is 26.3 Å². The standard InChI is InChI=1S/C31H29F2N5O5/c1-18(26-12-21-15-34-9-8-25(21)37-26)36-30(41)27-14-31(42-10-11-43-31)17-38(27)28(39)16-35-29(40)20-4-2-19(3-5-20)23-7-6-22(32)13-24(23)33/h2-9,12-13,15,18,27,37H,10-11,14,16-17H2,1H3,(H,35,40)(H,36,41)/t18-,27+/m1/s1. The fraction of sp³-hybridized carbons (Fsp3) is 0.290. The Kier molecular flexibility index (Phi) is 7.63. The van der Waals surface area contributed by atoms with E-state index in [1.165, 1.54) is 35.2 Å². The van der Waals surface area contributed by atoms with E-state index >= 15 is 0 Å². The summed E-state index contributed by atoms with van der Waals surface area (Å²) in [6, 6.07) is 11.8. The van der Waals surface area contributed by atoms with Gasteiger partial charge in [-0.05, 0) is 48.9 Å². The van der Waals surface area contributed by atoms with Gasteiger partial charge in [-0.1, -0.05) is 12.1 Å². The number of rotatable bonds is 7. The second-order valence-electron chi connectivity index (χ2n) is 10.7. The number of hydrogen-bond donors (Lipinski definition) is 3. The number of nitrogens with one attached hydrogen (secondary N) is 3. The molecule has 43 heavy (non-hydrogen) atoms. The number of H-pyrrole nitrogens is 1. The zero-order chi connectivity index (χ0) is 30.1. The summed E-state index contributed by atoms with van der Waals surface area (Å²) in [5.41, 5.74) is 2.59. The first-order valence-corrected chi connectivity index (χ1v) is 13.9. The van der Waals surface area contributed by atoms with E-state index < -0.39 is 35.3 Å². The highest BCUT2D eigenvalue weighted by atomic mass is 19.1. The first kappa shape index (κ1) is 28.4. The van der Waals surface area contributed by atoms with Crippen molar-refractivity contribution in [3.05, 3.63) is 89.9 Å². The van der Waals surface area contributed by atoms with Gasteiger partial charge < -0.3 is 30.0 Å². The number of carbonyl (C=O) groups excluding carboxylic acids is 3. The SMILES string of the molecule is C[C@@H](NC(=O)[C@@H]1CC2(CN1C(=O)CNC(=O)c1ccc(-c3ccc(F)cc3F)cc1)OCCO2)c1cc2cnccc2[nH]1. The largest absolute Gasteiger partial charge is 0.357 e. The molecule has 0 bridgehead atoms. The van der Waals surface area contributed by atoms with Gasteiger partial charge in [0.1, 0.15) is 17.7 Å². The molecule has 4 heterocycles. The second-order valence-corrected chi connectivity index (χ2v) is 10.7. The van der Waals surface area contributed by atoms with Gasteiger partial charge in [-0.2, -0.15) is 0 Å². The van der Waals surface area contributed by atoms with E-state index in [-0.39, 0.29) is 42.6 Å². The molecular weight excluding hydrogens is 560 g/mol. The molecule has 1 spiro atoms. The molecular formula is C31H29F2N5O5. The number of amides is 3. The maximum Gasteiger partial charge on any atom is 0.251 e. The maximum atomic E-state index is 14.1. The Morgan fingerprint density at radius 2 is 1.86 bits per heavy atom. The minimum absolute atomic E-state index is 0.0458. The monoisotopic (exact) mass is 589 g/mol. The van der Waals surface area contributed by atoms with Crippen molar-refractivity contribution in [3.63, 3.8) is 0 Å². The van der Waals surface area contributed by atoms with E-state index in [1.807, 2.05) is 19.1 Å². The molecule has 0 saturated carbocycles. The molecule has 0 aliphatic carbocycles. The molecule has 2 atom stereocenters. The number of fused-ring (bicyclic) bond motifs is 1. The van der Waals surface area contributed by atoms with E-state index in [0.29, 0.717) is 18.8 Å². The van der Waals surface area contributed by atoms with Gasteiger partial charge in [-0.3, -0.25) is 19.4 Å². The van der Waals surface area contributed by atoms with E-state index in [2.05, 4.69) is 20.6 Å². The molecule has 10 nitrogen and oxygen atoms in total. The number of carbonyl (C=O) groups is 3. The second kappa shape index (κ2) is 11.5. The zero-order valence-electron chi connectivity index (χ0n) is 23.2. The molecule has 2 aromatic carbocycles. The van der Waals surface area contributed by atoms with Crippen LogP contribution < -0.4 is 10.6 Å². The predicted octanol–water partition coefficient (Wildman–Crippen LogP) is 3.46. The van der Waals surface area contributed by atoms with Crippen molar-refractivity contribution in [1.82, 2.24) is 25.5 Å². The molecule has 6 rings (SSSR count). The van der Waals surface area contributed by atoms with Crippen LogP contribution in [0, 0.1) is 11.6 Å². The number of benzene rings is 2. The number of pyridine rings is 1. The van der Waals surface area contributed by atoms with Crippen LogP contribution in [-0.4, -0.2) is 70.7 Å². The van der Waals surface area contributed by atoms with Gasteiger partial charge in [0.15, 0.2) is 5.79 Å². The molecule has 12 heteroatoms. The Morgan fingerprint density at radius 3 is 2.58 bits per heavy atom. The molecule has 0 unspecified atom stereocenters. The van der Waals surface area contributed by atoms with Gasteiger partial charge in [0.05, 0.1) is 32.3 Å². The summed E-state index contributed by atoms with van der Waals surface area (Å²) < 4.78 is 39.0. The Balaban J connectivity index is 1.11. The minimum atomic E-state index is -1.08. The first-order valence-electron chi connectivity index (χ1n) is 13.9. The quantitative estimate of drug-likeness (QED) is 0.303. The molecule has 2 aliphatic rings. The molecule has 2 aromatic heterocycles. The van der Waals surface area contributed by atoms with Crippen LogP contribution in [-0.2, 0) is 19.1 Å². The van der Waals surface area contributed by atoms with Crippen LogP contribution in [0.5, 0.6) is 0 Å². The number of halogens is 2. The molecule has 2 aliphatic heterocycles. The van der Waals surface area contributed by atoms with Crippen LogP contribution in [0.3, 0.4) is 0 Å². The summed E-state index contributed by atoms with van der Waals surface area (Å²) in [6.07, 6.45) is 3.56. The fourth-order valence-corrected chi connectivity index (χ4v) is 5.54. The number of hydrogen-bond acceptors (Lipinski definition) is 6. The lowest BCUT2D eigenvalue weighted by molar-refractivity contribution is -0.152. The number of likely N-dealkylation sites (tertiary alicyclic amines) is 1. The Morgan fingerprint density at radius 1 is 1.09 bits per heavy atom. The highest BCUT2D eigenvalue weighted by Gasteiger charge is 2.52.